The van der Waals surface area contributed by atoms with Crippen LogP contribution in [0, 0.1) is 0 Å². The first-order valence-electron chi connectivity index (χ1n) is 6.70. The predicted octanol–water partition coefficient (Wildman–Crippen LogP) is 1.63. The fourth-order valence-electron chi connectivity index (χ4n) is 2.19. The lowest BCUT2D eigenvalue weighted by atomic mass is 10.1. The van der Waals surface area contributed by atoms with E-state index in [1.54, 1.807) is 19.1 Å². The van der Waals surface area contributed by atoms with Crippen molar-refractivity contribution in [3.8, 4) is 0 Å². The van der Waals surface area contributed by atoms with Gasteiger partial charge < -0.3 is 15.1 Å². The highest BCUT2D eigenvalue weighted by molar-refractivity contribution is 7.56. The number of carboxylic acid groups (broad SMARTS) is 2. The molecule has 4 N–H and O–H groups in total. The van der Waals surface area contributed by atoms with Gasteiger partial charge in [0, 0.05) is 18.4 Å². The van der Waals surface area contributed by atoms with Gasteiger partial charge in [-0.15, -0.1) is 0 Å². The number of rotatable bonds is 9. The first kappa shape index (κ1) is 18.3. The fraction of sp³-hybridized carbons (Fsp3) is 0.462. The Morgan fingerprint density at radius 2 is 1.91 bits per heavy atom. The van der Waals surface area contributed by atoms with E-state index in [-0.39, 0.29) is 0 Å². The molecule has 1 aromatic heterocycles. The number of hydrogen-bond acceptors (Lipinski definition) is 4. The molecule has 0 aromatic carbocycles. The lowest BCUT2D eigenvalue weighted by Gasteiger charge is -2.26. The van der Waals surface area contributed by atoms with Crippen LogP contribution >= 0.6 is 7.52 Å². The van der Waals surface area contributed by atoms with E-state index in [0.29, 0.717) is 12.0 Å². The molecule has 0 aliphatic heterocycles. The SMILES string of the molecule is CCC(c1cccnc1)P(=O)(O)NC(CC(=O)O)CC(=O)O. The summed E-state index contributed by atoms with van der Waals surface area (Å²) in [6.45, 7) is 1.71. The van der Waals surface area contributed by atoms with Crippen LogP contribution in [0.3, 0.4) is 0 Å². The Morgan fingerprint density at radius 1 is 1.32 bits per heavy atom. The molecule has 0 aliphatic rings. The summed E-state index contributed by atoms with van der Waals surface area (Å²) in [5, 5.41) is 19.9. The lowest BCUT2D eigenvalue weighted by Crippen LogP contribution is -2.32. The molecular formula is C13H19N2O6P. The molecule has 1 heterocycles. The van der Waals surface area contributed by atoms with Crippen molar-refractivity contribution in [2.75, 3.05) is 0 Å². The topological polar surface area (TPSA) is 137 Å². The summed E-state index contributed by atoms with van der Waals surface area (Å²) >= 11 is 0. The van der Waals surface area contributed by atoms with Gasteiger partial charge in [0.05, 0.1) is 18.5 Å². The minimum Gasteiger partial charge on any atom is -0.481 e. The number of nitrogens with one attached hydrogen (secondary N) is 1. The quantitative estimate of drug-likeness (QED) is 0.501. The molecule has 0 radical (unpaired) electrons. The molecule has 2 atom stereocenters. The van der Waals surface area contributed by atoms with E-state index < -0.39 is 44.0 Å². The Bertz CT molecular complexity index is 549. The van der Waals surface area contributed by atoms with E-state index in [9.17, 15) is 19.0 Å². The highest BCUT2D eigenvalue weighted by atomic mass is 31.2. The van der Waals surface area contributed by atoms with Crippen molar-refractivity contribution in [2.45, 2.75) is 37.9 Å². The Kier molecular flexibility index (Phi) is 6.67. The van der Waals surface area contributed by atoms with Gasteiger partial charge in [0.1, 0.15) is 0 Å². The highest BCUT2D eigenvalue weighted by Crippen LogP contribution is 2.54. The molecule has 0 bridgehead atoms. The van der Waals surface area contributed by atoms with Crippen LogP contribution in [-0.4, -0.2) is 38.1 Å². The summed E-state index contributed by atoms with van der Waals surface area (Å²) in [6, 6.07) is 2.15. The van der Waals surface area contributed by atoms with E-state index in [0.717, 1.165) is 0 Å². The number of carbonyl (C=O) groups is 2. The Morgan fingerprint density at radius 3 is 2.32 bits per heavy atom. The first-order chi connectivity index (χ1) is 10.3. The Hall–Kier alpha value is -1.76. The van der Waals surface area contributed by atoms with E-state index >= 15 is 0 Å². The third-order valence-corrected chi connectivity index (χ3v) is 5.33. The summed E-state index contributed by atoms with van der Waals surface area (Å²) in [4.78, 5) is 35.7. The van der Waals surface area contributed by atoms with Crippen LogP contribution < -0.4 is 5.09 Å². The molecule has 0 saturated heterocycles. The Labute approximate surface area is 127 Å². The van der Waals surface area contributed by atoms with Gasteiger partial charge in [-0.2, -0.15) is 0 Å². The fourth-order valence-corrected chi connectivity index (χ4v) is 4.13. The van der Waals surface area contributed by atoms with Crippen molar-refractivity contribution < 1.29 is 29.3 Å². The van der Waals surface area contributed by atoms with Gasteiger partial charge >= 0.3 is 11.9 Å². The van der Waals surface area contributed by atoms with Crippen LogP contribution in [0.15, 0.2) is 24.5 Å². The minimum atomic E-state index is -4.01. The van der Waals surface area contributed by atoms with Crippen molar-refractivity contribution in [3.63, 3.8) is 0 Å². The van der Waals surface area contributed by atoms with Crippen LogP contribution in [0.25, 0.3) is 0 Å². The van der Waals surface area contributed by atoms with Crippen LogP contribution in [0.1, 0.15) is 37.4 Å². The van der Waals surface area contributed by atoms with Gasteiger partial charge in [-0.1, -0.05) is 13.0 Å². The van der Waals surface area contributed by atoms with Crippen LogP contribution in [-0.2, 0) is 14.2 Å². The Balaban J connectivity index is 2.96. The third-order valence-electron chi connectivity index (χ3n) is 3.09. The van der Waals surface area contributed by atoms with Crippen molar-refractivity contribution in [1.29, 1.82) is 0 Å². The van der Waals surface area contributed by atoms with Gasteiger partial charge in [-0.05, 0) is 18.1 Å². The van der Waals surface area contributed by atoms with Crippen LogP contribution in [0.5, 0.6) is 0 Å². The van der Waals surface area contributed by atoms with Gasteiger partial charge in [0.2, 0.25) is 0 Å². The molecule has 2 unspecified atom stereocenters. The van der Waals surface area contributed by atoms with Gasteiger partial charge in [-0.25, -0.2) is 5.09 Å². The maximum atomic E-state index is 12.5. The second kappa shape index (κ2) is 8.03. The molecule has 9 heteroatoms. The molecule has 1 aromatic rings. The largest absolute Gasteiger partial charge is 0.481 e. The average Bonchev–Trinajstić information content (AvgIpc) is 2.38. The van der Waals surface area contributed by atoms with Crippen molar-refractivity contribution >= 4 is 19.5 Å². The molecule has 0 amide bonds. The summed E-state index contributed by atoms with van der Waals surface area (Å²) < 4.78 is 12.5. The number of pyridine rings is 1. The number of aliphatic carboxylic acids is 2. The average molecular weight is 330 g/mol. The smallest absolute Gasteiger partial charge is 0.304 e. The monoisotopic (exact) mass is 330 g/mol. The molecule has 0 aliphatic carbocycles. The number of nitrogens with zero attached hydrogens (tertiary/aromatic N) is 1. The normalized spacial score (nSPS) is 15.2. The molecule has 1 rings (SSSR count). The van der Waals surface area contributed by atoms with Crippen LogP contribution in [0.2, 0.25) is 0 Å². The summed E-state index contributed by atoms with van der Waals surface area (Å²) in [5.41, 5.74) is -0.251. The zero-order valence-electron chi connectivity index (χ0n) is 12.0. The third kappa shape index (κ3) is 5.55. The molecule has 0 saturated carbocycles. The predicted molar refractivity (Wildman–Crippen MR) is 78.5 cm³/mol. The second-order valence-electron chi connectivity index (χ2n) is 4.86. The van der Waals surface area contributed by atoms with Gasteiger partial charge in [0.15, 0.2) is 0 Å². The zero-order chi connectivity index (χ0) is 16.8. The van der Waals surface area contributed by atoms with E-state index in [4.69, 9.17) is 10.2 Å². The molecular weight excluding hydrogens is 311 g/mol. The summed E-state index contributed by atoms with van der Waals surface area (Å²) in [5.74, 6) is -2.48. The summed E-state index contributed by atoms with van der Waals surface area (Å²) in [7, 11) is -4.01. The van der Waals surface area contributed by atoms with Crippen molar-refractivity contribution in [1.82, 2.24) is 10.1 Å². The number of carboxylic acids is 2. The second-order valence-corrected chi connectivity index (χ2v) is 6.98. The number of aromatic nitrogens is 1. The molecule has 122 valence electrons. The van der Waals surface area contributed by atoms with Gasteiger partial charge in [-0.3, -0.25) is 19.1 Å². The molecule has 0 fully saturated rings. The minimum absolute atomic E-state index is 0.319. The molecule has 8 nitrogen and oxygen atoms in total. The zero-order valence-corrected chi connectivity index (χ0v) is 12.9. The molecule has 22 heavy (non-hydrogen) atoms. The first-order valence-corrected chi connectivity index (χ1v) is 8.43. The van der Waals surface area contributed by atoms with E-state index in [2.05, 4.69) is 10.1 Å². The van der Waals surface area contributed by atoms with Crippen molar-refractivity contribution in [3.05, 3.63) is 30.1 Å². The highest BCUT2D eigenvalue weighted by Gasteiger charge is 2.34. The molecule has 0 spiro atoms. The lowest BCUT2D eigenvalue weighted by molar-refractivity contribution is -0.139. The van der Waals surface area contributed by atoms with Crippen LogP contribution in [0.4, 0.5) is 0 Å². The maximum Gasteiger partial charge on any atom is 0.304 e. The standard InChI is InChI=1S/C13H19N2O6P/c1-2-11(9-4-3-5-14-8-9)22(20,21)15-10(6-12(16)17)7-13(18)19/h3-5,8,10-11H,2,6-7H2,1H3,(H,16,17)(H,18,19)(H2,15,20,21). The maximum absolute atomic E-state index is 12.5. The number of hydrogen-bond donors (Lipinski definition) is 4. The summed E-state index contributed by atoms with van der Waals surface area (Å²) in [6.07, 6.45) is 2.20. The van der Waals surface area contributed by atoms with Crippen molar-refractivity contribution in [2.24, 2.45) is 0 Å². The van der Waals surface area contributed by atoms with Gasteiger partial charge in [0.25, 0.3) is 7.52 Å². The van der Waals surface area contributed by atoms with E-state index in [1.165, 1.54) is 12.4 Å². The van der Waals surface area contributed by atoms with E-state index in [1.807, 2.05) is 0 Å².